The molecule has 4 nitrogen and oxygen atoms in total. The molecule has 0 aliphatic carbocycles. The van der Waals surface area contributed by atoms with Crippen molar-refractivity contribution in [2.45, 2.75) is 6.17 Å². The molecule has 0 amide bonds. The molecular formula is C12H11N3OS. The summed E-state index contributed by atoms with van der Waals surface area (Å²) >= 11 is 4.61. The fraction of sp³-hybridized carbons (Fsp3) is 0.250. The van der Waals surface area contributed by atoms with Crippen LogP contribution in [0.4, 0.5) is 5.69 Å². The van der Waals surface area contributed by atoms with Crippen molar-refractivity contribution in [3.8, 4) is 0 Å². The third-order valence-corrected chi connectivity index (χ3v) is 2.99. The zero-order valence-electron chi connectivity index (χ0n) is 9.06. The second-order valence-corrected chi connectivity index (χ2v) is 4.10. The van der Waals surface area contributed by atoms with Gasteiger partial charge in [0, 0.05) is 24.0 Å². The van der Waals surface area contributed by atoms with Gasteiger partial charge >= 0.3 is 0 Å². The predicted octanol–water partition coefficient (Wildman–Crippen LogP) is 2.36. The van der Waals surface area contributed by atoms with Crippen LogP contribution in [0.25, 0.3) is 11.0 Å². The Balaban J connectivity index is 2.11. The van der Waals surface area contributed by atoms with E-state index in [9.17, 15) is 0 Å². The van der Waals surface area contributed by atoms with Crippen LogP contribution >= 0.6 is 12.2 Å². The van der Waals surface area contributed by atoms with Crippen molar-refractivity contribution in [3.63, 3.8) is 0 Å². The molecule has 0 atom stereocenters. The molecular weight excluding hydrogens is 234 g/mol. The predicted molar refractivity (Wildman–Crippen MR) is 69.6 cm³/mol. The molecule has 0 unspecified atom stereocenters. The summed E-state index contributed by atoms with van der Waals surface area (Å²) in [5.41, 5.74) is 2.77. The van der Waals surface area contributed by atoms with Crippen molar-refractivity contribution < 1.29 is 4.42 Å². The van der Waals surface area contributed by atoms with Gasteiger partial charge in [0.2, 0.25) is 0 Å². The molecule has 1 saturated heterocycles. The van der Waals surface area contributed by atoms with Crippen LogP contribution in [0.1, 0.15) is 11.7 Å². The third-order valence-electron chi connectivity index (χ3n) is 2.89. The van der Waals surface area contributed by atoms with Crippen LogP contribution in [-0.2, 0) is 0 Å². The maximum atomic E-state index is 5.53. The molecule has 86 valence electrons. The number of nitrogens with one attached hydrogen (secondary N) is 2. The van der Waals surface area contributed by atoms with Gasteiger partial charge in [0.05, 0.1) is 23.3 Å². The first kappa shape index (κ1) is 10.6. The first-order valence-corrected chi connectivity index (χ1v) is 5.85. The van der Waals surface area contributed by atoms with Crippen molar-refractivity contribution in [1.29, 1.82) is 0 Å². The van der Waals surface area contributed by atoms with E-state index in [-0.39, 0.29) is 6.17 Å². The maximum absolute atomic E-state index is 5.53. The lowest BCUT2D eigenvalue weighted by Gasteiger charge is -2.08. The third kappa shape index (κ3) is 1.90. The second-order valence-electron chi connectivity index (χ2n) is 3.92. The normalized spacial score (nSPS) is 16.2. The summed E-state index contributed by atoms with van der Waals surface area (Å²) in [6.45, 7) is 1.93. The van der Waals surface area contributed by atoms with E-state index < -0.39 is 0 Å². The lowest BCUT2D eigenvalue weighted by molar-refractivity contribution is 0.560. The highest BCUT2D eigenvalue weighted by Gasteiger charge is 2.19. The van der Waals surface area contributed by atoms with E-state index in [1.54, 1.807) is 6.26 Å². The van der Waals surface area contributed by atoms with Crippen LogP contribution in [0.5, 0.6) is 0 Å². The lowest BCUT2D eigenvalue weighted by atomic mass is 10.1. The minimum Gasteiger partial charge on any atom is -0.464 e. The fourth-order valence-electron chi connectivity index (χ4n) is 2.11. The smallest absolute Gasteiger partial charge is 0.134 e. The van der Waals surface area contributed by atoms with Gasteiger partial charge in [0.15, 0.2) is 0 Å². The highest BCUT2D eigenvalue weighted by Crippen LogP contribution is 2.29. The molecule has 1 aliphatic rings. The van der Waals surface area contributed by atoms with Gasteiger partial charge in [-0.05, 0) is 30.4 Å². The Morgan fingerprint density at radius 2 is 2.18 bits per heavy atom. The van der Waals surface area contributed by atoms with Crippen molar-refractivity contribution in [3.05, 3.63) is 30.0 Å². The van der Waals surface area contributed by atoms with Gasteiger partial charge in [-0.3, -0.25) is 10.6 Å². The lowest BCUT2D eigenvalue weighted by Crippen LogP contribution is -2.20. The minimum atomic E-state index is 0.156. The van der Waals surface area contributed by atoms with E-state index in [2.05, 4.69) is 33.0 Å². The molecule has 3 rings (SSSR count). The van der Waals surface area contributed by atoms with Crippen LogP contribution in [-0.4, -0.2) is 18.3 Å². The highest BCUT2D eigenvalue weighted by atomic mass is 32.1. The van der Waals surface area contributed by atoms with E-state index in [1.807, 2.05) is 18.2 Å². The molecule has 1 aliphatic heterocycles. The molecule has 2 N–H and O–H groups in total. The molecule has 1 fully saturated rings. The molecule has 2 heterocycles. The van der Waals surface area contributed by atoms with Crippen LogP contribution in [0.3, 0.4) is 0 Å². The SMILES string of the molecule is S=C=Nc1ccc2occ(C3NCCN3)c2c1. The first-order valence-electron chi connectivity index (χ1n) is 5.44. The number of hydrogen-bond acceptors (Lipinski definition) is 5. The van der Waals surface area contributed by atoms with Gasteiger partial charge in [-0.2, -0.15) is 4.99 Å². The van der Waals surface area contributed by atoms with E-state index in [4.69, 9.17) is 4.42 Å². The summed E-state index contributed by atoms with van der Waals surface area (Å²) in [4.78, 5) is 3.99. The van der Waals surface area contributed by atoms with E-state index >= 15 is 0 Å². The number of aliphatic imine (C=N–C) groups is 1. The molecule has 17 heavy (non-hydrogen) atoms. The van der Waals surface area contributed by atoms with Crippen molar-refractivity contribution in [1.82, 2.24) is 10.6 Å². The van der Waals surface area contributed by atoms with Gasteiger partial charge in [-0.25, -0.2) is 0 Å². The zero-order valence-corrected chi connectivity index (χ0v) is 9.88. The molecule has 5 heteroatoms. The monoisotopic (exact) mass is 245 g/mol. The van der Waals surface area contributed by atoms with Crippen LogP contribution in [0, 0.1) is 0 Å². The number of fused-ring (bicyclic) bond motifs is 1. The van der Waals surface area contributed by atoms with Gasteiger partial charge in [0.25, 0.3) is 0 Å². The first-order chi connectivity index (χ1) is 8.38. The number of thiocarbonyl (C=S) groups is 1. The van der Waals surface area contributed by atoms with E-state index in [0.29, 0.717) is 0 Å². The number of isothiocyanates is 1. The molecule has 0 bridgehead atoms. The summed E-state index contributed by atoms with van der Waals surface area (Å²) in [5, 5.41) is 10.2. The number of hydrogen-bond donors (Lipinski definition) is 2. The van der Waals surface area contributed by atoms with Crippen LogP contribution < -0.4 is 10.6 Å². The van der Waals surface area contributed by atoms with E-state index in [1.165, 1.54) is 0 Å². The summed E-state index contributed by atoms with van der Waals surface area (Å²) in [7, 11) is 0. The number of rotatable bonds is 2. The number of furan rings is 1. The average molecular weight is 245 g/mol. The summed E-state index contributed by atoms with van der Waals surface area (Å²) < 4.78 is 5.53. The van der Waals surface area contributed by atoms with Crippen molar-refractivity contribution >= 4 is 34.0 Å². The Morgan fingerprint density at radius 1 is 1.35 bits per heavy atom. The summed E-state index contributed by atoms with van der Waals surface area (Å²) in [6, 6.07) is 5.73. The molecule has 2 aromatic rings. The quantitative estimate of drug-likeness (QED) is 0.630. The van der Waals surface area contributed by atoms with Crippen molar-refractivity contribution in [2.75, 3.05) is 13.1 Å². The van der Waals surface area contributed by atoms with E-state index in [0.717, 1.165) is 35.3 Å². The minimum absolute atomic E-state index is 0.156. The van der Waals surface area contributed by atoms with Crippen molar-refractivity contribution in [2.24, 2.45) is 4.99 Å². The van der Waals surface area contributed by atoms with Crippen LogP contribution in [0.15, 0.2) is 33.9 Å². The molecule has 1 aromatic heterocycles. The maximum Gasteiger partial charge on any atom is 0.134 e. The Bertz CT molecular complexity index is 595. The number of nitrogens with zero attached hydrogens (tertiary/aromatic N) is 1. The summed E-state index contributed by atoms with van der Waals surface area (Å²) in [6.07, 6.45) is 1.94. The largest absolute Gasteiger partial charge is 0.464 e. The molecule has 0 spiro atoms. The molecule has 0 radical (unpaired) electrons. The van der Waals surface area contributed by atoms with Gasteiger partial charge in [-0.15, -0.1) is 0 Å². The fourth-order valence-corrected chi connectivity index (χ4v) is 2.21. The Morgan fingerprint density at radius 3 is 2.94 bits per heavy atom. The zero-order chi connectivity index (χ0) is 11.7. The Labute approximate surface area is 104 Å². The molecule has 1 aromatic carbocycles. The average Bonchev–Trinajstić information content (AvgIpc) is 2.96. The topological polar surface area (TPSA) is 49.6 Å². The Hall–Kier alpha value is -1.52. The summed E-state index contributed by atoms with van der Waals surface area (Å²) in [5.74, 6) is 0. The highest BCUT2D eigenvalue weighted by molar-refractivity contribution is 7.78. The Kier molecular flexibility index (Phi) is 2.74. The van der Waals surface area contributed by atoms with Gasteiger partial charge in [-0.1, -0.05) is 0 Å². The molecule has 0 saturated carbocycles. The van der Waals surface area contributed by atoms with Gasteiger partial charge in [0.1, 0.15) is 5.58 Å². The number of benzene rings is 1. The van der Waals surface area contributed by atoms with Gasteiger partial charge < -0.3 is 4.42 Å². The standard InChI is InChI=1S/C12H11N3OS/c17-7-15-8-1-2-11-9(5-8)10(6-16-11)12-13-3-4-14-12/h1-2,5-6,12-14H,3-4H2. The van der Waals surface area contributed by atoms with Crippen LogP contribution in [0.2, 0.25) is 0 Å². The second kappa shape index (κ2) is 4.39.